The predicted molar refractivity (Wildman–Crippen MR) is 86.6 cm³/mol. The molecule has 0 spiro atoms. The molecule has 0 saturated heterocycles. The van der Waals surface area contributed by atoms with Gasteiger partial charge in [0.1, 0.15) is 0 Å². The number of rotatable bonds is 9. The van der Waals surface area contributed by atoms with Crippen molar-refractivity contribution in [2.75, 3.05) is 18.6 Å². The summed E-state index contributed by atoms with van der Waals surface area (Å²) in [6.45, 7) is 5.59. The molecule has 0 aliphatic heterocycles. The Bertz CT molecular complexity index is 486. The molecule has 0 radical (unpaired) electrons. The Labute approximate surface area is 126 Å². The summed E-state index contributed by atoms with van der Waals surface area (Å²) < 4.78 is 27.1. The van der Waals surface area contributed by atoms with Gasteiger partial charge in [0.15, 0.2) is 0 Å². The van der Waals surface area contributed by atoms with Gasteiger partial charge in [0.25, 0.3) is 0 Å². The Morgan fingerprint density at radius 2 is 1.90 bits per heavy atom. The number of nitrogens with one attached hydrogen (secondary N) is 2. The van der Waals surface area contributed by atoms with Crippen LogP contribution in [-0.2, 0) is 16.6 Å². The summed E-state index contributed by atoms with van der Waals surface area (Å²) in [7, 11) is -3.41. The van der Waals surface area contributed by atoms with Gasteiger partial charge in [-0.1, -0.05) is 19.1 Å². The molecule has 4 nitrogen and oxygen atoms in total. The topological polar surface area (TPSA) is 58.2 Å². The lowest BCUT2D eigenvalue weighted by Gasteiger charge is -2.14. The van der Waals surface area contributed by atoms with Crippen molar-refractivity contribution < 1.29 is 8.42 Å². The van der Waals surface area contributed by atoms with Crippen molar-refractivity contribution in [2.24, 2.45) is 0 Å². The van der Waals surface area contributed by atoms with Crippen molar-refractivity contribution in [1.82, 2.24) is 10.0 Å². The largest absolute Gasteiger partial charge is 0.313 e. The van der Waals surface area contributed by atoms with Crippen molar-refractivity contribution in [1.29, 1.82) is 0 Å². The lowest BCUT2D eigenvalue weighted by molar-refractivity contribution is 0.557. The maximum atomic E-state index is 12.2. The van der Waals surface area contributed by atoms with E-state index >= 15 is 0 Å². The van der Waals surface area contributed by atoms with Crippen molar-refractivity contribution in [3.8, 4) is 0 Å². The first-order valence-corrected chi connectivity index (χ1v) is 9.68. The van der Waals surface area contributed by atoms with Crippen molar-refractivity contribution in [3.63, 3.8) is 0 Å². The van der Waals surface area contributed by atoms with E-state index in [0.717, 1.165) is 30.8 Å². The molecule has 0 aliphatic carbocycles. The molecule has 20 heavy (non-hydrogen) atoms. The second-order valence-corrected chi connectivity index (χ2v) is 7.43. The number of sulfonamides is 1. The Morgan fingerprint density at radius 1 is 1.25 bits per heavy atom. The highest BCUT2D eigenvalue weighted by atomic mass is 32.2. The van der Waals surface area contributed by atoms with E-state index in [2.05, 4.69) is 10.0 Å². The average molecular weight is 316 g/mol. The molecule has 1 atom stereocenters. The first-order valence-electron chi connectivity index (χ1n) is 6.80. The fraction of sp³-hybridized carbons (Fsp3) is 0.571. The molecule has 0 bridgehead atoms. The number of benzene rings is 1. The molecule has 1 aromatic rings. The van der Waals surface area contributed by atoms with E-state index in [-0.39, 0.29) is 6.04 Å². The van der Waals surface area contributed by atoms with E-state index in [9.17, 15) is 8.42 Å². The summed E-state index contributed by atoms with van der Waals surface area (Å²) in [6.07, 6.45) is 2.85. The Balaban J connectivity index is 2.67. The third-order valence-corrected chi connectivity index (χ3v) is 5.17. The van der Waals surface area contributed by atoms with Gasteiger partial charge in [0.2, 0.25) is 10.0 Å². The molecule has 0 heterocycles. The Hall–Kier alpha value is -0.560. The zero-order valence-electron chi connectivity index (χ0n) is 12.3. The van der Waals surface area contributed by atoms with Crippen LogP contribution >= 0.6 is 11.8 Å². The molecule has 1 unspecified atom stereocenters. The molecule has 0 fully saturated rings. The lowest BCUT2D eigenvalue weighted by Crippen LogP contribution is -2.33. The highest BCUT2D eigenvalue weighted by molar-refractivity contribution is 7.98. The van der Waals surface area contributed by atoms with Crippen LogP contribution in [0.25, 0.3) is 0 Å². The maximum absolute atomic E-state index is 12.2. The van der Waals surface area contributed by atoms with E-state index in [1.165, 1.54) is 0 Å². The van der Waals surface area contributed by atoms with E-state index in [1.807, 2.05) is 32.2 Å². The van der Waals surface area contributed by atoms with Gasteiger partial charge in [-0.25, -0.2) is 13.1 Å². The van der Waals surface area contributed by atoms with Gasteiger partial charge in [-0.3, -0.25) is 0 Å². The standard InChI is InChI=1S/C14H24N2O2S2/c1-4-15-11-13-5-7-14(8-6-13)20(17,18)16-12(2)9-10-19-3/h5-8,12,15-16H,4,9-11H2,1-3H3. The maximum Gasteiger partial charge on any atom is 0.240 e. The van der Waals surface area contributed by atoms with Gasteiger partial charge in [0, 0.05) is 12.6 Å². The van der Waals surface area contributed by atoms with Crippen LogP contribution in [0, 0.1) is 0 Å². The Kier molecular flexibility index (Phi) is 7.58. The molecular weight excluding hydrogens is 292 g/mol. The van der Waals surface area contributed by atoms with Crippen LogP contribution in [0.4, 0.5) is 0 Å². The van der Waals surface area contributed by atoms with Crippen molar-refractivity contribution >= 4 is 21.8 Å². The van der Waals surface area contributed by atoms with Gasteiger partial charge in [-0.2, -0.15) is 11.8 Å². The second kappa shape index (κ2) is 8.67. The number of thioether (sulfide) groups is 1. The average Bonchev–Trinajstić information content (AvgIpc) is 2.43. The summed E-state index contributed by atoms with van der Waals surface area (Å²) in [5.74, 6) is 0.950. The fourth-order valence-corrected chi connectivity index (χ4v) is 3.61. The minimum Gasteiger partial charge on any atom is -0.313 e. The van der Waals surface area contributed by atoms with E-state index in [4.69, 9.17) is 0 Å². The smallest absolute Gasteiger partial charge is 0.240 e. The highest BCUT2D eigenvalue weighted by Crippen LogP contribution is 2.12. The number of hydrogen-bond acceptors (Lipinski definition) is 4. The summed E-state index contributed by atoms with van der Waals surface area (Å²) >= 11 is 1.72. The first kappa shape index (κ1) is 17.5. The van der Waals surface area contributed by atoms with Gasteiger partial charge >= 0.3 is 0 Å². The minimum atomic E-state index is -3.41. The number of hydrogen-bond donors (Lipinski definition) is 2. The van der Waals surface area contributed by atoms with Gasteiger partial charge in [-0.05, 0) is 49.6 Å². The van der Waals surface area contributed by atoms with Crippen LogP contribution in [-0.4, -0.2) is 33.0 Å². The molecule has 1 rings (SSSR count). The van der Waals surface area contributed by atoms with Gasteiger partial charge in [-0.15, -0.1) is 0 Å². The molecule has 114 valence electrons. The molecule has 0 amide bonds. The highest BCUT2D eigenvalue weighted by Gasteiger charge is 2.16. The van der Waals surface area contributed by atoms with E-state index in [1.54, 1.807) is 23.9 Å². The van der Waals surface area contributed by atoms with Gasteiger partial charge < -0.3 is 5.32 Å². The van der Waals surface area contributed by atoms with Crippen LogP contribution < -0.4 is 10.0 Å². The predicted octanol–water partition coefficient (Wildman–Crippen LogP) is 2.22. The Morgan fingerprint density at radius 3 is 2.45 bits per heavy atom. The summed E-state index contributed by atoms with van der Waals surface area (Å²) in [6, 6.07) is 6.98. The van der Waals surface area contributed by atoms with Crippen molar-refractivity contribution in [2.45, 2.75) is 37.8 Å². The lowest BCUT2D eigenvalue weighted by atomic mass is 10.2. The fourth-order valence-electron chi connectivity index (χ4n) is 1.74. The monoisotopic (exact) mass is 316 g/mol. The quantitative estimate of drug-likeness (QED) is 0.733. The third kappa shape index (κ3) is 5.83. The summed E-state index contributed by atoms with van der Waals surface area (Å²) in [5, 5.41) is 3.21. The summed E-state index contributed by atoms with van der Waals surface area (Å²) in [4.78, 5) is 0.328. The molecule has 0 saturated carbocycles. The normalized spacial score (nSPS) is 13.3. The zero-order chi connectivity index (χ0) is 15.0. The van der Waals surface area contributed by atoms with Crippen LogP contribution in [0.15, 0.2) is 29.2 Å². The van der Waals surface area contributed by atoms with Gasteiger partial charge in [0.05, 0.1) is 4.90 Å². The van der Waals surface area contributed by atoms with Crippen LogP contribution in [0.5, 0.6) is 0 Å². The minimum absolute atomic E-state index is 0.0473. The van der Waals surface area contributed by atoms with Crippen LogP contribution in [0.3, 0.4) is 0 Å². The molecular formula is C14H24N2O2S2. The molecule has 0 aromatic heterocycles. The van der Waals surface area contributed by atoms with Crippen molar-refractivity contribution in [3.05, 3.63) is 29.8 Å². The second-order valence-electron chi connectivity index (χ2n) is 4.73. The SMILES string of the molecule is CCNCc1ccc(S(=O)(=O)NC(C)CCSC)cc1. The molecule has 0 aliphatic rings. The molecule has 2 N–H and O–H groups in total. The zero-order valence-corrected chi connectivity index (χ0v) is 14.0. The third-order valence-electron chi connectivity index (χ3n) is 2.92. The van der Waals surface area contributed by atoms with Crippen LogP contribution in [0.2, 0.25) is 0 Å². The van der Waals surface area contributed by atoms with E-state index < -0.39 is 10.0 Å². The van der Waals surface area contributed by atoms with Crippen LogP contribution in [0.1, 0.15) is 25.8 Å². The van der Waals surface area contributed by atoms with E-state index in [0.29, 0.717) is 4.90 Å². The molecule has 6 heteroatoms. The molecule has 1 aromatic carbocycles. The first-order chi connectivity index (χ1) is 9.49. The summed E-state index contributed by atoms with van der Waals surface area (Å²) in [5.41, 5.74) is 1.08.